The van der Waals surface area contributed by atoms with Gasteiger partial charge in [0.2, 0.25) is 0 Å². The maximum atomic E-state index is 4.89. The predicted octanol–water partition coefficient (Wildman–Crippen LogP) is 4.58. The van der Waals surface area contributed by atoms with E-state index in [2.05, 4.69) is 81.4 Å². The largest absolute Gasteiger partial charge is 0.377 e. The molecule has 106 valence electrons. The van der Waals surface area contributed by atoms with Crippen LogP contribution in [0, 0.1) is 13.8 Å². The van der Waals surface area contributed by atoms with Crippen LogP contribution in [0.4, 0.5) is 5.69 Å². The third-order valence-electron chi connectivity index (χ3n) is 3.83. The number of rotatable bonds is 2. The summed E-state index contributed by atoms with van der Waals surface area (Å²) < 4.78 is 0. The Morgan fingerprint density at radius 1 is 0.905 bits per heavy atom. The zero-order valence-corrected chi connectivity index (χ0v) is 13.0. The molecule has 0 aliphatic rings. The fraction of sp³-hybridized carbons (Fsp3) is 0.211. The first-order valence-electron chi connectivity index (χ1n) is 7.21. The molecule has 1 heterocycles. The second-order valence-electron chi connectivity index (χ2n) is 5.76. The standard InChI is InChI=1S/C19H20N2/c1-13-8-10-16(18(12-13)21(3)4)17-11-9-15-7-5-6-14(2)19(15)20-17/h5-12H,1-4H3. The zero-order valence-electron chi connectivity index (χ0n) is 13.0. The average molecular weight is 276 g/mol. The molecule has 0 N–H and O–H groups in total. The molecule has 2 aromatic carbocycles. The van der Waals surface area contributed by atoms with Crippen LogP contribution in [0.5, 0.6) is 0 Å². The molecular weight excluding hydrogens is 256 g/mol. The van der Waals surface area contributed by atoms with E-state index in [1.54, 1.807) is 0 Å². The van der Waals surface area contributed by atoms with Gasteiger partial charge in [-0.05, 0) is 37.1 Å². The van der Waals surface area contributed by atoms with Gasteiger partial charge >= 0.3 is 0 Å². The number of benzene rings is 2. The van der Waals surface area contributed by atoms with Gasteiger partial charge in [-0.15, -0.1) is 0 Å². The van der Waals surface area contributed by atoms with E-state index in [0.29, 0.717) is 0 Å². The van der Waals surface area contributed by atoms with Crippen molar-refractivity contribution in [2.75, 3.05) is 19.0 Å². The molecule has 0 spiro atoms. The topological polar surface area (TPSA) is 16.1 Å². The van der Waals surface area contributed by atoms with Crippen LogP contribution >= 0.6 is 0 Å². The number of aryl methyl sites for hydroxylation is 2. The maximum absolute atomic E-state index is 4.89. The predicted molar refractivity (Wildman–Crippen MR) is 91.0 cm³/mol. The van der Waals surface area contributed by atoms with Gasteiger partial charge in [-0.2, -0.15) is 0 Å². The first kappa shape index (κ1) is 13.6. The van der Waals surface area contributed by atoms with Crippen molar-refractivity contribution in [1.82, 2.24) is 4.98 Å². The second-order valence-corrected chi connectivity index (χ2v) is 5.76. The lowest BCUT2D eigenvalue weighted by Gasteiger charge is -2.18. The molecule has 0 atom stereocenters. The summed E-state index contributed by atoms with van der Waals surface area (Å²) in [6.45, 7) is 4.23. The van der Waals surface area contributed by atoms with E-state index in [4.69, 9.17) is 4.98 Å². The smallest absolute Gasteiger partial charge is 0.0738 e. The molecule has 0 unspecified atom stereocenters. The van der Waals surface area contributed by atoms with Crippen molar-refractivity contribution in [2.45, 2.75) is 13.8 Å². The summed E-state index contributed by atoms with van der Waals surface area (Å²) in [5.41, 5.74) is 6.97. The average Bonchev–Trinajstić information content (AvgIpc) is 2.47. The maximum Gasteiger partial charge on any atom is 0.0738 e. The molecule has 0 aliphatic heterocycles. The summed E-state index contributed by atoms with van der Waals surface area (Å²) in [7, 11) is 4.15. The van der Waals surface area contributed by atoms with Crippen molar-refractivity contribution in [1.29, 1.82) is 0 Å². The normalized spacial score (nSPS) is 10.9. The Bertz CT molecular complexity index is 804. The van der Waals surface area contributed by atoms with Crippen LogP contribution in [0.3, 0.4) is 0 Å². The summed E-state index contributed by atoms with van der Waals surface area (Å²) in [6.07, 6.45) is 0. The number of hydrogen-bond donors (Lipinski definition) is 0. The number of fused-ring (bicyclic) bond motifs is 1. The van der Waals surface area contributed by atoms with E-state index in [1.165, 1.54) is 27.8 Å². The minimum Gasteiger partial charge on any atom is -0.377 e. The second kappa shape index (κ2) is 5.21. The van der Waals surface area contributed by atoms with Crippen molar-refractivity contribution in [3.63, 3.8) is 0 Å². The van der Waals surface area contributed by atoms with E-state index in [-0.39, 0.29) is 0 Å². The van der Waals surface area contributed by atoms with Gasteiger partial charge in [0.25, 0.3) is 0 Å². The van der Waals surface area contributed by atoms with Crippen LogP contribution < -0.4 is 4.90 Å². The van der Waals surface area contributed by atoms with Gasteiger partial charge < -0.3 is 4.90 Å². The number of pyridine rings is 1. The summed E-state index contributed by atoms with van der Waals surface area (Å²) >= 11 is 0. The van der Waals surface area contributed by atoms with Gasteiger partial charge in [-0.3, -0.25) is 0 Å². The van der Waals surface area contributed by atoms with Crippen molar-refractivity contribution in [3.05, 3.63) is 59.7 Å². The molecule has 0 fully saturated rings. The Morgan fingerprint density at radius 2 is 1.71 bits per heavy atom. The summed E-state index contributed by atoms with van der Waals surface area (Å²) in [5, 5.41) is 1.19. The highest BCUT2D eigenvalue weighted by Gasteiger charge is 2.10. The van der Waals surface area contributed by atoms with Crippen molar-refractivity contribution < 1.29 is 0 Å². The molecule has 0 bridgehead atoms. The van der Waals surface area contributed by atoms with E-state index >= 15 is 0 Å². The Labute approximate surface area is 126 Å². The molecule has 2 nitrogen and oxygen atoms in total. The fourth-order valence-electron chi connectivity index (χ4n) is 2.67. The molecule has 0 saturated carbocycles. The number of hydrogen-bond acceptors (Lipinski definition) is 2. The molecule has 0 radical (unpaired) electrons. The first-order chi connectivity index (χ1) is 10.1. The summed E-state index contributed by atoms with van der Waals surface area (Å²) in [6, 6.07) is 17.1. The highest BCUT2D eigenvalue weighted by molar-refractivity contribution is 5.86. The van der Waals surface area contributed by atoms with E-state index in [1.807, 2.05) is 0 Å². The number of aromatic nitrogens is 1. The highest BCUT2D eigenvalue weighted by atomic mass is 15.1. The Balaban J connectivity index is 2.23. The Hall–Kier alpha value is -2.35. The molecule has 0 aliphatic carbocycles. The SMILES string of the molecule is Cc1ccc(-c2ccc3cccc(C)c3n2)c(N(C)C)c1. The van der Waals surface area contributed by atoms with Gasteiger partial charge in [0.05, 0.1) is 11.2 Å². The summed E-state index contributed by atoms with van der Waals surface area (Å²) in [4.78, 5) is 7.04. The van der Waals surface area contributed by atoms with Crippen LogP contribution in [0.25, 0.3) is 22.2 Å². The highest BCUT2D eigenvalue weighted by Crippen LogP contribution is 2.31. The Kier molecular flexibility index (Phi) is 3.38. The van der Waals surface area contributed by atoms with E-state index in [0.717, 1.165) is 11.2 Å². The minimum absolute atomic E-state index is 1.03. The third kappa shape index (κ3) is 2.49. The van der Waals surface area contributed by atoms with Crippen LogP contribution in [0.15, 0.2) is 48.5 Å². The summed E-state index contributed by atoms with van der Waals surface area (Å²) in [5.74, 6) is 0. The fourth-order valence-corrected chi connectivity index (χ4v) is 2.67. The molecular formula is C19H20N2. The van der Waals surface area contributed by atoms with Crippen molar-refractivity contribution >= 4 is 16.6 Å². The quantitative estimate of drug-likeness (QED) is 0.681. The number of para-hydroxylation sites is 1. The molecule has 1 aromatic heterocycles. The molecule has 2 heteroatoms. The monoisotopic (exact) mass is 276 g/mol. The molecule has 0 saturated heterocycles. The lowest BCUT2D eigenvalue weighted by molar-refractivity contribution is 1.13. The minimum atomic E-state index is 1.03. The third-order valence-corrected chi connectivity index (χ3v) is 3.83. The van der Waals surface area contributed by atoms with Crippen molar-refractivity contribution in [2.24, 2.45) is 0 Å². The van der Waals surface area contributed by atoms with Gasteiger partial charge in [0, 0.05) is 30.7 Å². The van der Waals surface area contributed by atoms with Crippen LogP contribution in [-0.4, -0.2) is 19.1 Å². The molecule has 21 heavy (non-hydrogen) atoms. The van der Waals surface area contributed by atoms with Gasteiger partial charge in [-0.1, -0.05) is 36.4 Å². The Morgan fingerprint density at radius 3 is 2.48 bits per heavy atom. The lowest BCUT2D eigenvalue weighted by atomic mass is 10.0. The van der Waals surface area contributed by atoms with Crippen molar-refractivity contribution in [3.8, 4) is 11.3 Å². The molecule has 3 aromatic rings. The van der Waals surface area contributed by atoms with E-state index in [9.17, 15) is 0 Å². The molecule has 3 rings (SSSR count). The first-order valence-corrected chi connectivity index (χ1v) is 7.21. The van der Waals surface area contributed by atoms with Crippen LogP contribution in [0.1, 0.15) is 11.1 Å². The van der Waals surface area contributed by atoms with Crippen LogP contribution in [-0.2, 0) is 0 Å². The van der Waals surface area contributed by atoms with Gasteiger partial charge in [0.15, 0.2) is 0 Å². The van der Waals surface area contributed by atoms with E-state index < -0.39 is 0 Å². The molecule has 0 amide bonds. The van der Waals surface area contributed by atoms with Crippen LogP contribution in [0.2, 0.25) is 0 Å². The number of nitrogens with zero attached hydrogens (tertiary/aromatic N) is 2. The lowest BCUT2D eigenvalue weighted by Crippen LogP contribution is -2.10. The number of anilines is 1. The zero-order chi connectivity index (χ0) is 15.0. The van der Waals surface area contributed by atoms with Gasteiger partial charge in [0.1, 0.15) is 0 Å². The van der Waals surface area contributed by atoms with Gasteiger partial charge in [-0.25, -0.2) is 4.98 Å².